The third kappa shape index (κ3) is 1.97. The normalized spacial score (nSPS) is 10.1. The molecule has 0 aliphatic heterocycles. The van der Waals surface area contributed by atoms with Crippen molar-refractivity contribution in [3.63, 3.8) is 0 Å². The van der Waals surface area contributed by atoms with Crippen molar-refractivity contribution >= 4 is 17.9 Å². The maximum absolute atomic E-state index is 13.7. The van der Waals surface area contributed by atoms with Crippen LogP contribution in [0.15, 0.2) is 42.5 Å². The summed E-state index contributed by atoms with van der Waals surface area (Å²) in [4.78, 5) is 10.6. The Morgan fingerprint density at radius 2 is 1.88 bits per heavy atom. The first kappa shape index (κ1) is 10.8. The lowest BCUT2D eigenvalue weighted by Gasteiger charge is -2.05. The second-order valence-electron chi connectivity index (χ2n) is 3.34. The highest BCUT2D eigenvalue weighted by Gasteiger charge is 2.08. The molecule has 0 unspecified atom stereocenters. The van der Waals surface area contributed by atoms with Gasteiger partial charge < -0.3 is 0 Å². The molecule has 0 spiro atoms. The first-order valence-corrected chi connectivity index (χ1v) is 5.10. The highest BCUT2D eigenvalue weighted by atomic mass is 35.5. The van der Waals surface area contributed by atoms with E-state index in [4.69, 9.17) is 11.6 Å². The van der Waals surface area contributed by atoms with Crippen LogP contribution in [0.3, 0.4) is 0 Å². The first-order valence-electron chi connectivity index (χ1n) is 4.72. The molecular formula is C13H8ClFO. The molecule has 0 atom stereocenters. The number of aldehydes is 1. The molecule has 80 valence electrons. The van der Waals surface area contributed by atoms with Gasteiger partial charge >= 0.3 is 0 Å². The summed E-state index contributed by atoms with van der Waals surface area (Å²) in [6, 6.07) is 11.5. The van der Waals surface area contributed by atoms with Crippen LogP contribution in [0.2, 0.25) is 5.02 Å². The predicted molar refractivity (Wildman–Crippen MR) is 62.2 cm³/mol. The van der Waals surface area contributed by atoms with Crippen molar-refractivity contribution in [3.05, 3.63) is 58.9 Å². The van der Waals surface area contributed by atoms with Crippen molar-refractivity contribution < 1.29 is 9.18 Å². The number of hydrogen-bond acceptors (Lipinski definition) is 1. The van der Waals surface area contributed by atoms with Crippen molar-refractivity contribution in [1.29, 1.82) is 0 Å². The number of halogens is 2. The third-order valence-electron chi connectivity index (χ3n) is 2.29. The number of rotatable bonds is 2. The molecule has 0 heterocycles. The molecule has 0 radical (unpaired) electrons. The molecule has 0 aliphatic carbocycles. The minimum Gasteiger partial charge on any atom is -0.298 e. The van der Waals surface area contributed by atoms with Gasteiger partial charge in [0.25, 0.3) is 0 Å². The van der Waals surface area contributed by atoms with Gasteiger partial charge in [-0.1, -0.05) is 41.9 Å². The van der Waals surface area contributed by atoms with E-state index in [0.717, 1.165) is 6.29 Å². The Kier molecular flexibility index (Phi) is 3.02. The van der Waals surface area contributed by atoms with Crippen molar-refractivity contribution in [2.24, 2.45) is 0 Å². The zero-order valence-electron chi connectivity index (χ0n) is 8.28. The van der Waals surface area contributed by atoms with Crippen LogP contribution < -0.4 is 0 Å². The van der Waals surface area contributed by atoms with Crippen LogP contribution in [0, 0.1) is 5.82 Å². The lowest BCUT2D eigenvalue weighted by molar-refractivity contribution is 0.112. The molecule has 2 rings (SSSR count). The average molecular weight is 235 g/mol. The van der Waals surface area contributed by atoms with E-state index in [0.29, 0.717) is 16.7 Å². The van der Waals surface area contributed by atoms with Crippen LogP contribution in [0.25, 0.3) is 11.1 Å². The topological polar surface area (TPSA) is 17.1 Å². The van der Waals surface area contributed by atoms with Crippen LogP contribution in [0.4, 0.5) is 4.39 Å². The molecule has 0 saturated heterocycles. The van der Waals surface area contributed by atoms with Gasteiger partial charge in [-0.15, -0.1) is 0 Å². The third-order valence-corrected chi connectivity index (χ3v) is 2.58. The van der Waals surface area contributed by atoms with Gasteiger partial charge in [0.15, 0.2) is 0 Å². The summed E-state index contributed by atoms with van der Waals surface area (Å²) in [5.74, 6) is -0.466. The summed E-state index contributed by atoms with van der Waals surface area (Å²) < 4.78 is 13.7. The molecule has 2 aromatic rings. The molecule has 0 bridgehead atoms. The van der Waals surface area contributed by atoms with Crippen LogP contribution >= 0.6 is 11.6 Å². The molecular weight excluding hydrogens is 227 g/mol. The van der Waals surface area contributed by atoms with Crippen LogP contribution in [0.1, 0.15) is 10.4 Å². The van der Waals surface area contributed by atoms with E-state index in [9.17, 15) is 9.18 Å². The Morgan fingerprint density at radius 3 is 2.62 bits per heavy atom. The number of carbonyl (C=O) groups excluding carboxylic acids is 1. The molecule has 0 aromatic heterocycles. The summed E-state index contributed by atoms with van der Waals surface area (Å²) in [6.07, 6.45) is 0.728. The number of carbonyl (C=O) groups is 1. The van der Waals surface area contributed by atoms with Crippen LogP contribution in [-0.2, 0) is 0 Å². The Balaban J connectivity index is 2.58. The molecule has 2 aromatic carbocycles. The van der Waals surface area contributed by atoms with E-state index in [-0.39, 0.29) is 5.02 Å². The second-order valence-corrected chi connectivity index (χ2v) is 3.75. The maximum atomic E-state index is 13.7. The lowest BCUT2D eigenvalue weighted by atomic mass is 10.0. The molecule has 0 amide bonds. The van der Waals surface area contributed by atoms with E-state index in [1.54, 1.807) is 36.4 Å². The monoisotopic (exact) mass is 234 g/mol. The Labute approximate surface area is 97.5 Å². The van der Waals surface area contributed by atoms with Crippen molar-refractivity contribution in [2.45, 2.75) is 0 Å². The summed E-state index contributed by atoms with van der Waals surface area (Å²) in [7, 11) is 0. The Hall–Kier alpha value is -1.67. The molecule has 0 saturated carbocycles. The minimum atomic E-state index is -0.466. The fourth-order valence-electron chi connectivity index (χ4n) is 1.51. The quantitative estimate of drug-likeness (QED) is 0.719. The van der Waals surface area contributed by atoms with E-state index in [2.05, 4.69) is 0 Å². The zero-order chi connectivity index (χ0) is 11.5. The standard InChI is InChI=1S/C13H8ClFO/c14-12-6-2-5-11(13(12)15)10-4-1-3-9(7-10)8-16/h1-8H. The molecule has 3 heteroatoms. The van der Waals surface area contributed by atoms with E-state index >= 15 is 0 Å². The summed E-state index contributed by atoms with van der Waals surface area (Å²) in [5.41, 5.74) is 1.55. The molecule has 0 N–H and O–H groups in total. The molecule has 0 fully saturated rings. The average Bonchev–Trinajstić information content (AvgIpc) is 2.33. The largest absolute Gasteiger partial charge is 0.298 e. The van der Waals surface area contributed by atoms with Crippen LogP contribution in [0.5, 0.6) is 0 Å². The predicted octanol–water partition coefficient (Wildman–Crippen LogP) is 3.96. The molecule has 16 heavy (non-hydrogen) atoms. The van der Waals surface area contributed by atoms with Crippen molar-refractivity contribution in [2.75, 3.05) is 0 Å². The summed E-state index contributed by atoms with van der Waals surface area (Å²) >= 11 is 5.69. The SMILES string of the molecule is O=Cc1cccc(-c2cccc(Cl)c2F)c1. The highest BCUT2D eigenvalue weighted by molar-refractivity contribution is 6.31. The highest BCUT2D eigenvalue weighted by Crippen LogP contribution is 2.27. The summed E-state index contributed by atoms with van der Waals surface area (Å²) in [5, 5.41) is 0.0778. The minimum absolute atomic E-state index is 0.0778. The van der Waals surface area contributed by atoms with Gasteiger partial charge in [0.05, 0.1) is 5.02 Å². The van der Waals surface area contributed by atoms with Gasteiger partial charge in [-0.25, -0.2) is 4.39 Å². The van der Waals surface area contributed by atoms with Crippen molar-refractivity contribution in [1.82, 2.24) is 0 Å². The molecule has 1 nitrogen and oxygen atoms in total. The molecule has 0 aliphatic rings. The number of hydrogen-bond donors (Lipinski definition) is 0. The zero-order valence-corrected chi connectivity index (χ0v) is 9.04. The van der Waals surface area contributed by atoms with Gasteiger partial charge in [-0.2, -0.15) is 0 Å². The summed E-state index contributed by atoms with van der Waals surface area (Å²) in [6.45, 7) is 0. The fourth-order valence-corrected chi connectivity index (χ4v) is 1.68. The van der Waals surface area contributed by atoms with Gasteiger partial charge in [0.1, 0.15) is 12.1 Å². The van der Waals surface area contributed by atoms with E-state index < -0.39 is 5.82 Å². The number of benzene rings is 2. The van der Waals surface area contributed by atoms with Crippen molar-refractivity contribution in [3.8, 4) is 11.1 Å². The second kappa shape index (κ2) is 4.45. The van der Waals surface area contributed by atoms with Gasteiger partial charge in [0.2, 0.25) is 0 Å². The van der Waals surface area contributed by atoms with Gasteiger partial charge in [0, 0.05) is 11.1 Å². The van der Waals surface area contributed by atoms with Crippen LogP contribution in [-0.4, -0.2) is 6.29 Å². The van der Waals surface area contributed by atoms with Gasteiger partial charge in [-0.3, -0.25) is 4.79 Å². The Morgan fingerprint density at radius 1 is 1.12 bits per heavy atom. The first-order chi connectivity index (χ1) is 7.72. The van der Waals surface area contributed by atoms with E-state index in [1.165, 1.54) is 6.07 Å². The maximum Gasteiger partial charge on any atom is 0.150 e. The Bertz CT molecular complexity index is 537. The smallest absolute Gasteiger partial charge is 0.150 e. The van der Waals surface area contributed by atoms with Gasteiger partial charge in [-0.05, 0) is 17.7 Å². The fraction of sp³-hybridized carbons (Fsp3) is 0. The lowest BCUT2D eigenvalue weighted by Crippen LogP contribution is -1.87. The van der Waals surface area contributed by atoms with E-state index in [1.807, 2.05) is 0 Å².